The van der Waals surface area contributed by atoms with Crippen LogP contribution in [0.25, 0.3) is 17.2 Å². The van der Waals surface area contributed by atoms with Gasteiger partial charge in [0, 0.05) is 15.1 Å². The van der Waals surface area contributed by atoms with Gasteiger partial charge in [0.2, 0.25) is 0 Å². The number of hydrogen-bond donors (Lipinski definition) is 1. The first-order chi connectivity index (χ1) is 9.66. The highest BCUT2D eigenvalue weighted by Gasteiger charge is 2.14. The standard InChI is InChI=1S/C13H8Br2N4S/c14-8-4-5-9(15)11(7-8)19-12(17-18-13(19)20)10-3-1-2-6-16-10/h1-7H,(H,18,20). The van der Waals surface area contributed by atoms with Crippen LogP contribution in [0.5, 0.6) is 0 Å². The first kappa shape index (κ1) is 13.7. The second-order valence-electron chi connectivity index (χ2n) is 4.00. The maximum absolute atomic E-state index is 5.34. The van der Waals surface area contributed by atoms with Crippen molar-refractivity contribution < 1.29 is 0 Å². The summed E-state index contributed by atoms with van der Waals surface area (Å²) in [4.78, 5) is 4.32. The van der Waals surface area contributed by atoms with Crippen LogP contribution in [-0.2, 0) is 0 Å². The summed E-state index contributed by atoms with van der Waals surface area (Å²) in [7, 11) is 0. The van der Waals surface area contributed by atoms with E-state index in [1.807, 2.05) is 41.0 Å². The number of aromatic amines is 1. The second-order valence-corrected chi connectivity index (χ2v) is 6.16. The average molecular weight is 412 g/mol. The molecule has 2 heterocycles. The molecule has 0 saturated heterocycles. The highest BCUT2D eigenvalue weighted by Crippen LogP contribution is 2.28. The summed E-state index contributed by atoms with van der Waals surface area (Å²) in [5.74, 6) is 0.675. The third-order valence-corrected chi connectivity index (χ3v) is 4.15. The minimum absolute atomic E-state index is 0.518. The van der Waals surface area contributed by atoms with Gasteiger partial charge in [-0.2, -0.15) is 5.10 Å². The van der Waals surface area contributed by atoms with Gasteiger partial charge in [0.1, 0.15) is 5.69 Å². The number of H-pyrrole nitrogens is 1. The quantitative estimate of drug-likeness (QED) is 0.630. The molecule has 0 radical (unpaired) electrons. The number of aromatic nitrogens is 4. The molecule has 3 rings (SSSR count). The zero-order valence-corrected chi connectivity index (χ0v) is 14.0. The molecule has 0 fully saturated rings. The largest absolute Gasteiger partial charge is 0.266 e. The normalized spacial score (nSPS) is 10.7. The molecule has 0 saturated carbocycles. The summed E-state index contributed by atoms with van der Waals surface area (Å²) in [5, 5.41) is 7.10. The van der Waals surface area contributed by atoms with Crippen LogP contribution in [0.15, 0.2) is 51.5 Å². The maximum atomic E-state index is 5.34. The van der Waals surface area contributed by atoms with Crippen molar-refractivity contribution in [3.63, 3.8) is 0 Å². The van der Waals surface area contributed by atoms with Crippen molar-refractivity contribution in [2.24, 2.45) is 0 Å². The Morgan fingerprint density at radius 3 is 2.75 bits per heavy atom. The van der Waals surface area contributed by atoms with E-state index >= 15 is 0 Å². The Balaban J connectivity index is 2.27. The molecule has 1 N–H and O–H groups in total. The van der Waals surface area contributed by atoms with Crippen molar-refractivity contribution in [3.8, 4) is 17.2 Å². The molecule has 0 bridgehead atoms. The third kappa shape index (κ3) is 2.48. The molecule has 0 atom stereocenters. The molecule has 0 spiro atoms. The van der Waals surface area contributed by atoms with E-state index in [0.29, 0.717) is 10.6 Å². The zero-order chi connectivity index (χ0) is 14.1. The first-order valence-corrected chi connectivity index (χ1v) is 7.70. The van der Waals surface area contributed by atoms with Crippen LogP contribution < -0.4 is 0 Å². The Labute approximate surface area is 137 Å². The number of nitrogens with one attached hydrogen (secondary N) is 1. The Kier molecular flexibility index (Phi) is 3.82. The lowest BCUT2D eigenvalue weighted by atomic mass is 10.3. The molecule has 7 heteroatoms. The number of halogens is 2. The summed E-state index contributed by atoms with van der Waals surface area (Å²) in [6, 6.07) is 11.6. The Morgan fingerprint density at radius 1 is 1.15 bits per heavy atom. The van der Waals surface area contributed by atoms with E-state index in [9.17, 15) is 0 Å². The van der Waals surface area contributed by atoms with Crippen LogP contribution in [0.3, 0.4) is 0 Å². The molecule has 20 heavy (non-hydrogen) atoms. The van der Waals surface area contributed by atoms with Gasteiger partial charge in [0.25, 0.3) is 0 Å². The monoisotopic (exact) mass is 410 g/mol. The van der Waals surface area contributed by atoms with E-state index in [1.54, 1.807) is 6.20 Å². The molecule has 0 aliphatic carbocycles. The van der Waals surface area contributed by atoms with Gasteiger partial charge >= 0.3 is 0 Å². The molecule has 0 aliphatic rings. The second kappa shape index (κ2) is 5.59. The molecular formula is C13H8Br2N4S. The lowest BCUT2D eigenvalue weighted by Crippen LogP contribution is -2.00. The topological polar surface area (TPSA) is 46.5 Å². The van der Waals surface area contributed by atoms with Gasteiger partial charge in [-0.05, 0) is 58.5 Å². The number of pyridine rings is 1. The fraction of sp³-hybridized carbons (Fsp3) is 0. The molecule has 4 nitrogen and oxygen atoms in total. The summed E-state index contributed by atoms with van der Waals surface area (Å²) >= 11 is 12.4. The van der Waals surface area contributed by atoms with E-state index in [-0.39, 0.29) is 0 Å². The van der Waals surface area contributed by atoms with Crippen LogP contribution in [0.1, 0.15) is 0 Å². The Bertz CT molecular complexity index is 811. The molecule has 3 aromatic rings. The first-order valence-electron chi connectivity index (χ1n) is 5.71. The van der Waals surface area contributed by atoms with E-state index in [0.717, 1.165) is 20.3 Å². The predicted molar refractivity (Wildman–Crippen MR) is 87.4 cm³/mol. The summed E-state index contributed by atoms with van der Waals surface area (Å²) in [6.07, 6.45) is 1.73. The van der Waals surface area contributed by atoms with Gasteiger partial charge in [-0.15, -0.1) is 0 Å². The molecule has 1 aromatic carbocycles. The van der Waals surface area contributed by atoms with Gasteiger partial charge in [0.05, 0.1) is 5.69 Å². The molecular weight excluding hydrogens is 404 g/mol. The van der Waals surface area contributed by atoms with Crippen LogP contribution >= 0.6 is 44.1 Å². The summed E-state index contributed by atoms with van der Waals surface area (Å²) in [6.45, 7) is 0. The van der Waals surface area contributed by atoms with Gasteiger partial charge in [-0.1, -0.05) is 22.0 Å². The SMILES string of the molecule is S=c1[nH]nc(-c2ccccn2)n1-c1cc(Br)ccc1Br. The zero-order valence-electron chi connectivity index (χ0n) is 10.0. The number of benzene rings is 1. The minimum atomic E-state index is 0.518. The minimum Gasteiger partial charge on any atom is -0.266 e. The van der Waals surface area contributed by atoms with Crippen molar-refractivity contribution in [3.05, 3.63) is 56.3 Å². The molecule has 100 valence electrons. The van der Waals surface area contributed by atoms with Crippen LogP contribution in [-0.4, -0.2) is 19.7 Å². The Hall–Kier alpha value is -1.31. The maximum Gasteiger partial charge on any atom is 0.200 e. The number of hydrogen-bond acceptors (Lipinski definition) is 3. The fourth-order valence-corrected chi connectivity index (χ4v) is 2.85. The van der Waals surface area contributed by atoms with Crippen molar-refractivity contribution in [2.75, 3.05) is 0 Å². The van der Waals surface area contributed by atoms with E-state index in [4.69, 9.17) is 12.2 Å². The van der Waals surface area contributed by atoms with Crippen molar-refractivity contribution in [1.29, 1.82) is 0 Å². The molecule has 0 unspecified atom stereocenters. The predicted octanol–water partition coefficient (Wildman–Crippen LogP) is 4.52. The lowest BCUT2D eigenvalue weighted by molar-refractivity contribution is 1.02. The lowest BCUT2D eigenvalue weighted by Gasteiger charge is -2.09. The van der Waals surface area contributed by atoms with Crippen LogP contribution in [0.2, 0.25) is 0 Å². The van der Waals surface area contributed by atoms with E-state index in [1.165, 1.54) is 0 Å². The van der Waals surface area contributed by atoms with Crippen molar-refractivity contribution in [2.45, 2.75) is 0 Å². The van der Waals surface area contributed by atoms with Crippen LogP contribution in [0.4, 0.5) is 0 Å². The van der Waals surface area contributed by atoms with Gasteiger partial charge in [-0.25, -0.2) is 0 Å². The summed E-state index contributed by atoms with van der Waals surface area (Å²) in [5.41, 5.74) is 1.66. The van der Waals surface area contributed by atoms with Gasteiger partial charge < -0.3 is 0 Å². The van der Waals surface area contributed by atoms with Gasteiger partial charge in [-0.3, -0.25) is 14.6 Å². The third-order valence-electron chi connectivity index (χ3n) is 2.72. The highest BCUT2D eigenvalue weighted by molar-refractivity contribution is 9.11. The van der Waals surface area contributed by atoms with Gasteiger partial charge in [0.15, 0.2) is 10.6 Å². The fourth-order valence-electron chi connectivity index (χ4n) is 1.84. The molecule has 0 amide bonds. The van der Waals surface area contributed by atoms with Crippen molar-refractivity contribution >= 4 is 44.1 Å². The van der Waals surface area contributed by atoms with E-state index < -0.39 is 0 Å². The average Bonchev–Trinajstić information content (AvgIpc) is 2.84. The summed E-state index contributed by atoms with van der Waals surface area (Å²) < 4.78 is 4.26. The van der Waals surface area contributed by atoms with Crippen molar-refractivity contribution in [1.82, 2.24) is 19.7 Å². The van der Waals surface area contributed by atoms with E-state index in [2.05, 4.69) is 47.0 Å². The molecule has 2 aromatic heterocycles. The number of nitrogens with zero attached hydrogens (tertiary/aromatic N) is 3. The van der Waals surface area contributed by atoms with Crippen LogP contribution in [0, 0.1) is 4.77 Å². The number of rotatable bonds is 2. The highest BCUT2D eigenvalue weighted by atomic mass is 79.9. The smallest absolute Gasteiger partial charge is 0.200 e. The Morgan fingerprint density at radius 2 is 2.00 bits per heavy atom. The molecule has 0 aliphatic heterocycles.